The van der Waals surface area contributed by atoms with Crippen LogP contribution in [0, 0.1) is 13.8 Å². The highest BCUT2D eigenvalue weighted by Gasteiger charge is 2.05. The van der Waals surface area contributed by atoms with Crippen molar-refractivity contribution in [2.45, 2.75) is 20.4 Å². The summed E-state index contributed by atoms with van der Waals surface area (Å²) in [5.41, 5.74) is 4.61. The Bertz CT molecular complexity index is 517. The first-order chi connectivity index (χ1) is 8.54. The van der Waals surface area contributed by atoms with Crippen LogP contribution in [0.4, 0.5) is 5.69 Å². The number of hydrogen-bond acceptors (Lipinski definition) is 3. The number of aryl methyl sites for hydroxylation is 2. The van der Waals surface area contributed by atoms with E-state index in [1.54, 1.807) is 6.07 Å². The zero-order chi connectivity index (χ0) is 13.1. The maximum absolute atomic E-state index is 5.72. The molecule has 0 aliphatic carbocycles. The Morgan fingerprint density at radius 3 is 2.28 bits per heavy atom. The molecule has 1 aromatic heterocycles. The minimum Gasteiger partial charge on any atom is -0.369 e. The average Bonchev–Trinajstić information content (AvgIpc) is 2.31. The fraction of sp³-hybridized carbons (Fsp3) is 0.286. The molecule has 1 aromatic carbocycles. The minimum atomic E-state index is 0.424. The van der Waals surface area contributed by atoms with Crippen molar-refractivity contribution in [3.05, 3.63) is 52.3 Å². The Kier molecular flexibility index (Phi) is 3.82. The molecular formula is C14H16ClN3. The molecule has 0 unspecified atom stereocenters. The molecule has 0 aliphatic rings. The van der Waals surface area contributed by atoms with Crippen molar-refractivity contribution >= 4 is 17.3 Å². The van der Waals surface area contributed by atoms with Crippen molar-refractivity contribution in [2.75, 3.05) is 11.9 Å². The fourth-order valence-electron chi connectivity index (χ4n) is 1.93. The Morgan fingerprint density at radius 2 is 1.72 bits per heavy atom. The molecule has 2 rings (SSSR count). The third kappa shape index (κ3) is 3.20. The highest BCUT2D eigenvalue weighted by Crippen LogP contribution is 2.19. The molecule has 0 amide bonds. The third-order valence-corrected chi connectivity index (χ3v) is 2.94. The Morgan fingerprint density at radius 1 is 1.06 bits per heavy atom. The van der Waals surface area contributed by atoms with Crippen molar-refractivity contribution in [1.82, 2.24) is 10.2 Å². The van der Waals surface area contributed by atoms with E-state index in [-0.39, 0.29) is 0 Å². The van der Waals surface area contributed by atoms with Gasteiger partial charge in [-0.2, -0.15) is 5.10 Å². The molecule has 0 aliphatic heterocycles. The second kappa shape index (κ2) is 5.36. The Labute approximate surface area is 112 Å². The lowest BCUT2D eigenvalue weighted by Gasteiger charge is -2.19. The number of anilines is 1. The van der Waals surface area contributed by atoms with Crippen LogP contribution >= 0.6 is 11.6 Å². The van der Waals surface area contributed by atoms with Gasteiger partial charge >= 0.3 is 0 Å². The lowest BCUT2D eigenvalue weighted by Crippen LogP contribution is -2.17. The van der Waals surface area contributed by atoms with E-state index >= 15 is 0 Å². The molecule has 3 nitrogen and oxygen atoms in total. The van der Waals surface area contributed by atoms with Crippen LogP contribution in [0.1, 0.15) is 16.8 Å². The van der Waals surface area contributed by atoms with Gasteiger partial charge in [-0.15, -0.1) is 5.10 Å². The summed E-state index contributed by atoms with van der Waals surface area (Å²) in [7, 11) is 2.05. The standard InChI is InChI=1S/C14H16ClN3/c1-10-6-11(2)8-13(7-10)18(3)9-12-4-5-14(15)17-16-12/h4-8H,9H2,1-3H3. The summed E-state index contributed by atoms with van der Waals surface area (Å²) in [6, 6.07) is 10.2. The first kappa shape index (κ1) is 12.8. The Balaban J connectivity index is 2.16. The van der Waals surface area contributed by atoms with Gasteiger partial charge in [0, 0.05) is 12.7 Å². The van der Waals surface area contributed by atoms with Gasteiger partial charge in [0.1, 0.15) is 0 Å². The monoisotopic (exact) mass is 261 g/mol. The summed E-state index contributed by atoms with van der Waals surface area (Å²) < 4.78 is 0. The van der Waals surface area contributed by atoms with E-state index in [0.717, 1.165) is 5.69 Å². The van der Waals surface area contributed by atoms with Gasteiger partial charge in [-0.25, -0.2) is 0 Å². The number of benzene rings is 1. The van der Waals surface area contributed by atoms with Gasteiger partial charge < -0.3 is 4.90 Å². The summed E-state index contributed by atoms with van der Waals surface area (Å²) in [5.74, 6) is 0. The van der Waals surface area contributed by atoms with Crippen LogP contribution in [-0.2, 0) is 6.54 Å². The molecular weight excluding hydrogens is 246 g/mol. The molecule has 0 N–H and O–H groups in total. The van der Waals surface area contributed by atoms with Crippen molar-refractivity contribution in [2.24, 2.45) is 0 Å². The van der Waals surface area contributed by atoms with Gasteiger partial charge in [0.2, 0.25) is 0 Å². The predicted octanol–water partition coefficient (Wildman–Crippen LogP) is 3.38. The largest absolute Gasteiger partial charge is 0.369 e. The maximum atomic E-state index is 5.72. The molecule has 0 spiro atoms. The van der Waals surface area contributed by atoms with Crippen LogP contribution in [0.3, 0.4) is 0 Å². The molecule has 0 radical (unpaired) electrons. The molecule has 1 heterocycles. The average molecular weight is 262 g/mol. The van der Waals surface area contributed by atoms with Gasteiger partial charge in [-0.3, -0.25) is 0 Å². The Hall–Kier alpha value is -1.61. The van der Waals surface area contributed by atoms with Crippen molar-refractivity contribution in [3.8, 4) is 0 Å². The maximum Gasteiger partial charge on any atom is 0.151 e. The second-order valence-electron chi connectivity index (χ2n) is 4.55. The van der Waals surface area contributed by atoms with Gasteiger partial charge in [-0.1, -0.05) is 17.7 Å². The van der Waals surface area contributed by atoms with Gasteiger partial charge in [0.25, 0.3) is 0 Å². The van der Waals surface area contributed by atoms with Crippen molar-refractivity contribution < 1.29 is 0 Å². The van der Waals surface area contributed by atoms with Crippen LogP contribution in [0.15, 0.2) is 30.3 Å². The smallest absolute Gasteiger partial charge is 0.151 e. The molecule has 4 heteroatoms. The summed E-state index contributed by atoms with van der Waals surface area (Å²) >= 11 is 5.72. The number of hydrogen-bond donors (Lipinski definition) is 0. The van der Waals surface area contributed by atoms with Crippen molar-refractivity contribution in [3.63, 3.8) is 0 Å². The quantitative estimate of drug-likeness (QED) is 0.848. The molecule has 2 aromatic rings. The first-order valence-electron chi connectivity index (χ1n) is 5.82. The molecule has 0 saturated carbocycles. The first-order valence-corrected chi connectivity index (χ1v) is 6.20. The second-order valence-corrected chi connectivity index (χ2v) is 4.94. The summed E-state index contributed by atoms with van der Waals surface area (Å²) in [6.07, 6.45) is 0. The zero-order valence-corrected chi connectivity index (χ0v) is 11.6. The van der Waals surface area contributed by atoms with Gasteiger partial charge in [0.15, 0.2) is 5.15 Å². The predicted molar refractivity (Wildman–Crippen MR) is 75.1 cm³/mol. The van der Waals surface area contributed by atoms with Crippen LogP contribution in [0.25, 0.3) is 0 Å². The molecule has 0 atom stereocenters. The SMILES string of the molecule is Cc1cc(C)cc(N(C)Cc2ccc(Cl)nn2)c1. The lowest BCUT2D eigenvalue weighted by molar-refractivity contribution is 0.840. The number of aromatic nitrogens is 2. The van der Waals surface area contributed by atoms with E-state index < -0.39 is 0 Å². The molecule has 94 valence electrons. The van der Waals surface area contributed by atoms with Crippen LogP contribution in [0.2, 0.25) is 5.15 Å². The lowest BCUT2D eigenvalue weighted by atomic mass is 10.1. The van der Waals surface area contributed by atoms with Crippen LogP contribution in [0.5, 0.6) is 0 Å². The molecule has 18 heavy (non-hydrogen) atoms. The van der Waals surface area contributed by atoms with Gasteiger partial charge in [0.05, 0.1) is 12.2 Å². The van der Waals surface area contributed by atoms with E-state index in [1.807, 2.05) is 13.1 Å². The normalized spacial score (nSPS) is 10.4. The third-order valence-electron chi connectivity index (χ3n) is 2.73. The van der Waals surface area contributed by atoms with E-state index in [4.69, 9.17) is 11.6 Å². The van der Waals surface area contributed by atoms with Crippen LogP contribution < -0.4 is 4.90 Å². The fourth-order valence-corrected chi connectivity index (χ4v) is 2.03. The number of rotatable bonds is 3. The number of halogens is 1. The minimum absolute atomic E-state index is 0.424. The highest BCUT2D eigenvalue weighted by molar-refractivity contribution is 6.29. The van der Waals surface area contributed by atoms with E-state index in [9.17, 15) is 0 Å². The molecule has 0 saturated heterocycles. The summed E-state index contributed by atoms with van der Waals surface area (Å²) in [5, 5.41) is 8.34. The number of nitrogens with zero attached hydrogens (tertiary/aromatic N) is 3. The molecule has 0 fully saturated rings. The van der Waals surface area contributed by atoms with Crippen molar-refractivity contribution in [1.29, 1.82) is 0 Å². The molecule has 0 bridgehead atoms. The van der Waals surface area contributed by atoms with Gasteiger partial charge in [-0.05, 0) is 49.2 Å². The topological polar surface area (TPSA) is 29.0 Å². The van der Waals surface area contributed by atoms with E-state index in [2.05, 4.69) is 47.1 Å². The van der Waals surface area contributed by atoms with E-state index in [0.29, 0.717) is 11.7 Å². The van der Waals surface area contributed by atoms with E-state index in [1.165, 1.54) is 16.8 Å². The van der Waals surface area contributed by atoms with Crippen LogP contribution in [-0.4, -0.2) is 17.2 Å². The zero-order valence-electron chi connectivity index (χ0n) is 10.8. The summed E-state index contributed by atoms with van der Waals surface area (Å²) in [6.45, 7) is 4.92. The highest BCUT2D eigenvalue weighted by atomic mass is 35.5. The summed E-state index contributed by atoms with van der Waals surface area (Å²) in [4.78, 5) is 2.15.